The van der Waals surface area contributed by atoms with Crippen molar-refractivity contribution in [3.05, 3.63) is 42.2 Å². The Bertz CT molecular complexity index is 974. The Morgan fingerprint density at radius 1 is 1.21 bits per heavy atom. The predicted octanol–water partition coefficient (Wildman–Crippen LogP) is 2.65. The number of unbranched alkanes of at least 4 members (excludes halogenated alkanes) is 1. The number of hydrogen-bond donors (Lipinski definition) is 2. The summed E-state index contributed by atoms with van der Waals surface area (Å²) in [5.41, 5.74) is 9.38. The first-order valence-corrected chi connectivity index (χ1v) is 9.87. The fraction of sp³-hybridized carbons (Fsp3) is 0.381. The highest BCUT2D eigenvalue weighted by Gasteiger charge is 2.21. The first kappa shape index (κ1) is 18.4. The number of aromatic amines is 1. The molecule has 0 atom stereocenters. The maximum absolute atomic E-state index is 11.7. The number of rotatable bonds is 6. The normalized spacial score (nSPS) is 15.2. The zero-order valence-corrected chi connectivity index (χ0v) is 16.2. The average molecular weight is 378 g/mol. The number of carbonyl (C=O) groups is 1. The second-order valence-electron chi connectivity index (χ2n) is 7.23. The van der Waals surface area contributed by atoms with Crippen molar-refractivity contribution in [3.63, 3.8) is 0 Å². The number of nitrogens with two attached hydrogens (primary N) is 1. The van der Waals surface area contributed by atoms with Crippen LogP contribution in [0.1, 0.15) is 30.1 Å². The number of benzene rings is 1. The number of anilines is 1. The Labute approximate surface area is 164 Å². The number of H-pyrrole nitrogens is 1. The molecule has 0 radical (unpaired) electrons. The summed E-state index contributed by atoms with van der Waals surface area (Å²) in [5.74, 6) is 0.235. The van der Waals surface area contributed by atoms with E-state index < -0.39 is 5.91 Å². The molecule has 146 valence electrons. The van der Waals surface area contributed by atoms with Crippen molar-refractivity contribution in [2.45, 2.75) is 19.8 Å². The number of carbonyl (C=O) groups excluding carboxylic acids is 1. The topological polar surface area (TPSA) is 91.1 Å². The molecular formula is C21H26N6O. The zero-order valence-electron chi connectivity index (χ0n) is 16.2. The van der Waals surface area contributed by atoms with E-state index in [2.05, 4.69) is 31.7 Å². The minimum absolute atomic E-state index is 0.426. The molecule has 1 aliphatic heterocycles. The highest BCUT2D eigenvalue weighted by molar-refractivity contribution is 6.04. The van der Waals surface area contributed by atoms with E-state index in [1.807, 2.05) is 30.6 Å². The Hall–Kier alpha value is -2.93. The molecule has 0 bridgehead atoms. The van der Waals surface area contributed by atoms with Gasteiger partial charge in [-0.25, -0.2) is 4.98 Å². The third-order valence-corrected chi connectivity index (χ3v) is 5.37. The lowest BCUT2D eigenvalue weighted by atomic mass is 10.1. The van der Waals surface area contributed by atoms with E-state index in [-0.39, 0.29) is 0 Å². The molecule has 28 heavy (non-hydrogen) atoms. The molecule has 0 saturated carbocycles. The van der Waals surface area contributed by atoms with E-state index in [9.17, 15) is 4.79 Å². The summed E-state index contributed by atoms with van der Waals surface area (Å²) in [7, 11) is 0. The quantitative estimate of drug-likeness (QED) is 0.688. The molecule has 1 amide bonds. The van der Waals surface area contributed by atoms with Gasteiger partial charge in [-0.15, -0.1) is 0 Å². The van der Waals surface area contributed by atoms with Crippen LogP contribution in [0.15, 0.2) is 36.7 Å². The first-order chi connectivity index (χ1) is 13.7. The number of primary amides is 1. The lowest BCUT2D eigenvalue weighted by molar-refractivity contribution is 0.100. The number of fused-ring (bicyclic) bond motifs is 1. The van der Waals surface area contributed by atoms with E-state index in [0.29, 0.717) is 16.9 Å². The highest BCUT2D eigenvalue weighted by atomic mass is 16.1. The molecule has 4 rings (SSSR count). The van der Waals surface area contributed by atoms with E-state index in [1.54, 1.807) is 6.07 Å². The second-order valence-corrected chi connectivity index (χ2v) is 7.23. The Balaban J connectivity index is 1.63. The number of pyridine rings is 1. The molecule has 0 unspecified atom stereocenters. The van der Waals surface area contributed by atoms with Crippen molar-refractivity contribution < 1.29 is 4.79 Å². The SMILES string of the molecule is CCCCN1CCN(c2ccncc2-c2nc3c(C(N)=O)cccc3[nH]2)CC1. The number of aromatic nitrogens is 3. The van der Waals surface area contributed by atoms with Crippen molar-refractivity contribution in [3.8, 4) is 11.4 Å². The summed E-state index contributed by atoms with van der Waals surface area (Å²) in [4.78, 5) is 29.0. The third-order valence-electron chi connectivity index (χ3n) is 5.37. The number of nitrogens with one attached hydrogen (secondary N) is 1. The average Bonchev–Trinajstić information content (AvgIpc) is 3.16. The first-order valence-electron chi connectivity index (χ1n) is 9.87. The van der Waals surface area contributed by atoms with Gasteiger partial charge in [-0.1, -0.05) is 19.4 Å². The molecular weight excluding hydrogens is 352 g/mol. The molecule has 1 aliphatic rings. The maximum Gasteiger partial charge on any atom is 0.250 e. The van der Waals surface area contributed by atoms with Crippen molar-refractivity contribution in [1.82, 2.24) is 19.9 Å². The molecule has 1 fully saturated rings. The van der Waals surface area contributed by atoms with Crippen LogP contribution < -0.4 is 10.6 Å². The van der Waals surface area contributed by atoms with E-state index in [4.69, 9.17) is 5.73 Å². The summed E-state index contributed by atoms with van der Waals surface area (Å²) >= 11 is 0. The number of imidazole rings is 1. The molecule has 1 aromatic carbocycles. The third kappa shape index (κ3) is 3.57. The summed E-state index contributed by atoms with van der Waals surface area (Å²) in [6, 6.07) is 7.46. The molecule has 7 heteroatoms. The molecule has 1 saturated heterocycles. The van der Waals surface area contributed by atoms with Crippen LogP contribution in [0, 0.1) is 0 Å². The van der Waals surface area contributed by atoms with Crippen LogP contribution in [-0.4, -0.2) is 58.5 Å². The van der Waals surface area contributed by atoms with Gasteiger partial charge in [0.15, 0.2) is 0 Å². The van der Waals surface area contributed by atoms with Crippen molar-refractivity contribution in [1.29, 1.82) is 0 Å². The minimum atomic E-state index is -0.474. The number of amides is 1. The van der Waals surface area contributed by atoms with Crippen molar-refractivity contribution in [2.24, 2.45) is 5.73 Å². The van der Waals surface area contributed by atoms with Gasteiger partial charge in [-0.05, 0) is 31.2 Å². The van der Waals surface area contributed by atoms with Crippen LogP contribution in [0.5, 0.6) is 0 Å². The van der Waals surface area contributed by atoms with Crippen LogP contribution >= 0.6 is 0 Å². The van der Waals surface area contributed by atoms with E-state index in [0.717, 1.165) is 42.9 Å². The standard InChI is InChI=1S/C21H26N6O/c1-2-3-9-26-10-12-27(13-11-26)18-7-8-23-14-16(18)21-24-17-6-4-5-15(20(22)28)19(17)25-21/h4-8,14H,2-3,9-13H2,1H3,(H2,22,28)(H,24,25). The van der Waals surface area contributed by atoms with Gasteiger partial charge in [0.25, 0.3) is 5.91 Å². The van der Waals surface area contributed by atoms with Crippen LogP contribution in [0.2, 0.25) is 0 Å². The Morgan fingerprint density at radius 3 is 2.79 bits per heavy atom. The minimum Gasteiger partial charge on any atom is -0.368 e. The summed E-state index contributed by atoms with van der Waals surface area (Å²) in [6.07, 6.45) is 6.13. The van der Waals surface area contributed by atoms with Crippen molar-refractivity contribution in [2.75, 3.05) is 37.6 Å². The molecule has 3 aromatic rings. The van der Waals surface area contributed by atoms with E-state index >= 15 is 0 Å². The smallest absolute Gasteiger partial charge is 0.250 e. The fourth-order valence-electron chi connectivity index (χ4n) is 3.80. The van der Waals surface area contributed by atoms with E-state index in [1.165, 1.54) is 19.4 Å². The maximum atomic E-state index is 11.7. The van der Waals surface area contributed by atoms with Crippen LogP contribution in [-0.2, 0) is 0 Å². The fourth-order valence-corrected chi connectivity index (χ4v) is 3.80. The number of para-hydroxylation sites is 1. The van der Waals surface area contributed by atoms with Gasteiger partial charge >= 0.3 is 0 Å². The highest BCUT2D eigenvalue weighted by Crippen LogP contribution is 2.31. The number of hydrogen-bond acceptors (Lipinski definition) is 5. The molecule has 3 N–H and O–H groups in total. The summed E-state index contributed by atoms with van der Waals surface area (Å²) in [5, 5.41) is 0. The van der Waals surface area contributed by atoms with Crippen LogP contribution in [0.25, 0.3) is 22.4 Å². The van der Waals surface area contributed by atoms with Gasteiger partial charge in [0.1, 0.15) is 11.3 Å². The largest absolute Gasteiger partial charge is 0.368 e. The molecule has 0 spiro atoms. The summed E-state index contributed by atoms with van der Waals surface area (Å²) in [6.45, 7) is 7.49. The van der Waals surface area contributed by atoms with Crippen LogP contribution in [0.3, 0.4) is 0 Å². The molecule has 0 aliphatic carbocycles. The molecule has 7 nitrogen and oxygen atoms in total. The Morgan fingerprint density at radius 2 is 2.04 bits per heavy atom. The van der Waals surface area contributed by atoms with Gasteiger partial charge in [-0.2, -0.15) is 0 Å². The second kappa shape index (κ2) is 7.98. The monoisotopic (exact) mass is 378 g/mol. The lowest BCUT2D eigenvalue weighted by Gasteiger charge is -2.36. The molecule has 2 aromatic heterocycles. The van der Waals surface area contributed by atoms with Gasteiger partial charge in [0, 0.05) is 38.6 Å². The lowest BCUT2D eigenvalue weighted by Crippen LogP contribution is -2.46. The zero-order chi connectivity index (χ0) is 19.5. The van der Waals surface area contributed by atoms with Crippen LogP contribution in [0.4, 0.5) is 5.69 Å². The number of nitrogens with zero attached hydrogens (tertiary/aromatic N) is 4. The number of piperazine rings is 1. The molecule has 3 heterocycles. The summed E-state index contributed by atoms with van der Waals surface area (Å²) < 4.78 is 0. The van der Waals surface area contributed by atoms with Gasteiger partial charge in [0.05, 0.1) is 22.3 Å². The van der Waals surface area contributed by atoms with Gasteiger partial charge in [0.2, 0.25) is 0 Å². The van der Waals surface area contributed by atoms with Gasteiger partial charge in [-0.3, -0.25) is 14.7 Å². The van der Waals surface area contributed by atoms with Gasteiger partial charge < -0.3 is 15.6 Å². The Kier molecular flexibility index (Phi) is 5.25. The predicted molar refractivity (Wildman–Crippen MR) is 111 cm³/mol. The van der Waals surface area contributed by atoms with Crippen molar-refractivity contribution >= 4 is 22.6 Å².